The highest BCUT2D eigenvalue weighted by molar-refractivity contribution is 8.00. The third-order valence-electron chi connectivity index (χ3n) is 4.71. The number of hydrogen-bond acceptors (Lipinski definition) is 6. The van der Waals surface area contributed by atoms with E-state index >= 15 is 0 Å². The van der Waals surface area contributed by atoms with Crippen LogP contribution in [0.3, 0.4) is 0 Å². The van der Waals surface area contributed by atoms with Gasteiger partial charge < -0.3 is 14.5 Å². The van der Waals surface area contributed by atoms with E-state index < -0.39 is 0 Å². The number of amides is 2. The van der Waals surface area contributed by atoms with Crippen molar-refractivity contribution in [2.45, 2.75) is 18.1 Å². The van der Waals surface area contributed by atoms with Crippen LogP contribution in [0.5, 0.6) is 0 Å². The number of rotatable bonds is 3. The fourth-order valence-electron chi connectivity index (χ4n) is 3.27. The molecule has 2 saturated heterocycles. The van der Waals surface area contributed by atoms with E-state index in [9.17, 15) is 14.4 Å². The van der Waals surface area contributed by atoms with Gasteiger partial charge >= 0.3 is 5.97 Å². The van der Waals surface area contributed by atoms with E-state index in [0.29, 0.717) is 39.0 Å². The minimum atomic E-state index is -0.289. The molecule has 3 heterocycles. The summed E-state index contributed by atoms with van der Waals surface area (Å²) in [6, 6.07) is 3.71. The molecule has 1 aromatic heterocycles. The summed E-state index contributed by atoms with van der Waals surface area (Å²) in [5.74, 6) is 0.590. The summed E-state index contributed by atoms with van der Waals surface area (Å²) in [4.78, 5) is 41.2. The Labute approximate surface area is 155 Å². The van der Waals surface area contributed by atoms with Crippen molar-refractivity contribution in [2.24, 2.45) is 5.92 Å². The van der Waals surface area contributed by atoms with Gasteiger partial charge in [-0.2, -0.15) is 0 Å². The van der Waals surface area contributed by atoms with E-state index in [0.717, 1.165) is 10.6 Å². The summed E-state index contributed by atoms with van der Waals surface area (Å²) >= 11 is 2.99. The van der Waals surface area contributed by atoms with Crippen LogP contribution >= 0.6 is 23.1 Å². The van der Waals surface area contributed by atoms with E-state index in [-0.39, 0.29) is 29.0 Å². The molecule has 2 fully saturated rings. The van der Waals surface area contributed by atoms with Crippen LogP contribution in [-0.2, 0) is 14.3 Å². The largest absolute Gasteiger partial charge is 0.468 e. The molecule has 0 radical (unpaired) electrons. The molecule has 0 aliphatic carbocycles. The average Bonchev–Trinajstić information content (AvgIpc) is 3.21. The zero-order valence-electron chi connectivity index (χ0n) is 14.2. The molecular weight excluding hydrogens is 360 g/mol. The molecule has 2 aliphatic heterocycles. The minimum Gasteiger partial charge on any atom is -0.468 e. The van der Waals surface area contributed by atoms with Crippen LogP contribution in [0.2, 0.25) is 0 Å². The summed E-state index contributed by atoms with van der Waals surface area (Å²) < 4.78 is 4.80. The van der Waals surface area contributed by atoms with Crippen LogP contribution < -0.4 is 0 Å². The lowest BCUT2D eigenvalue weighted by Crippen LogP contribution is -2.49. The van der Waals surface area contributed by atoms with Crippen LogP contribution in [-0.4, -0.2) is 71.9 Å². The summed E-state index contributed by atoms with van der Waals surface area (Å²) in [6.45, 7) is 2.31. The van der Waals surface area contributed by atoms with Crippen molar-refractivity contribution in [1.29, 1.82) is 0 Å². The van der Waals surface area contributed by atoms with E-state index in [1.54, 1.807) is 16.7 Å². The van der Waals surface area contributed by atoms with Crippen molar-refractivity contribution in [1.82, 2.24) is 9.80 Å². The van der Waals surface area contributed by atoms with Gasteiger partial charge in [-0.25, -0.2) is 0 Å². The number of ether oxygens (including phenoxy) is 1. The SMILES string of the molecule is COC(=O)[C@H]1CN(C(=O)C2CCN(C(=O)c3cccs3)CC2)CCS1. The van der Waals surface area contributed by atoms with E-state index in [2.05, 4.69) is 0 Å². The number of piperidine rings is 1. The van der Waals surface area contributed by atoms with Crippen molar-refractivity contribution in [3.8, 4) is 0 Å². The van der Waals surface area contributed by atoms with Gasteiger partial charge in [0.15, 0.2) is 0 Å². The number of thiophene rings is 1. The lowest BCUT2D eigenvalue weighted by molar-refractivity contribution is -0.142. The first-order valence-corrected chi connectivity index (χ1v) is 10.3. The number of thioether (sulfide) groups is 1. The Morgan fingerprint density at radius 3 is 2.56 bits per heavy atom. The van der Waals surface area contributed by atoms with Gasteiger partial charge in [0.1, 0.15) is 5.25 Å². The van der Waals surface area contributed by atoms with Gasteiger partial charge in [0.05, 0.1) is 12.0 Å². The first kappa shape index (κ1) is 18.3. The highest BCUT2D eigenvalue weighted by Gasteiger charge is 2.35. The predicted octanol–water partition coefficient (Wildman–Crippen LogP) is 1.72. The maximum absolute atomic E-state index is 12.8. The van der Waals surface area contributed by atoms with E-state index in [4.69, 9.17) is 4.74 Å². The van der Waals surface area contributed by atoms with Crippen LogP contribution in [0.4, 0.5) is 0 Å². The summed E-state index contributed by atoms with van der Waals surface area (Å²) in [5.41, 5.74) is 0. The maximum atomic E-state index is 12.8. The molecule has 0 spiro atoms. The van der Waals surface area contributed by atoms with Crippen molar-refractivity contribution < 1.29 is 19.1 Å². The molecule has 0 N–H and O–H groups in total. The Hall–Kier alpha value is -1.54. The summed E-state index contributed by atoms with van der Waals surface area (Å²) in [7, 11) is 1.38. The first-order chi connectivity index (χ1) is 12.1. The number of hydrogen-bond donors (Lipinski definition) is 0. The second kappa shape index (κ2) is 8.23. The molecule has 1 aromatic rings. The monoisotopic (exact) mass is 382 g/mol. The fraction of sp³-hybridized carbons (Fsp3) is 0.588. The molecule has 2 aliphatic rings. The Morgan fingerprint density at radius 2 is 1.92 bits per heavy atom. The van der Waals surface area contributed by atoms with E-state index in [1.807, 2.05) is 22.4 Å². The van der Waals surface area contributed by atoms with Crippen molar-refractivity contribution in [3.63, 3.8) is 0 Å². The lowest BCUT2D eigenvalue weighted by Gasteiger charge is -2.36. The molecule has 0 bridgehead atoms. The Bertz CT molecular complexity index is 627. The van der Waals surface area contributed by atoms with Gasteiger partial charge in [-0.05, 0) is 24.3 Å². The zero-order valence-corrected chi connectivity index (χ0v) is 15.8. The third-order valence-corrected chi connectivity index (χ3v) is 6.73. The molecular formula is C17H22N2O4S2. The highest BCUT2D eigenvalue weighted by Crippen LogP contribution is 2.26. The van der Waals surface area contributed by atoms with Crippen LogP contribution in [0.1, 0.15) is 22.5 Å². The molecule has 1 atom stereocenters. The molecule has 25 heavy (non-hydrogen) atoms. The number of esters is 1. The van der Waals surface area contributed by atoms with Crippen LogP contribution in [0.15, 0.2) is 17.5 Å². The Balaban J connectivity index is 1.53. The number of methoxy groups -OCH3 is 1. The quantitative estimate of drug-likeness (QED) is 0.745. The summed E-state index contributed by atoms with van der Waals surface area (Å²) in [6.07, 6.45) is 1.37. The topological polar surface area (TPSA) is 66.9 Å². The van der Waals surface area contributed by atoms with Gasteiger partial charge in [0.25, 0.3) is 5.91 Å². The lowest BCUT2D eigenvalue weighted by atomic mass is 9.95. The van der Waals surface area contributed by atoms with Gasteiger partial charge in [-0.15, -0.1) is 23.1 Å². The Morgan fingerprint density at radius 1 is 1.16 bits per heavy atom. The van der Waals surface area contributed by atoms with Crippen molar-refractivity contribution in [2.75, 3.05) is 39.0 Å². The minimum absolute atomic E-state index is 0.0565. The maximum Gasteiger partial charge on any atom is 0.320 e. The average molecular weight is 383 g/mol. The molecule has 8 heteroatoms. The van der Waals surface area contributed by atoms with Gasteiger partial charge in [0, 0.05) is 37.8 Å². The second-order valence-electron chi connectivity index (χ2n) is 6.21. The zero-order chi connectivity index (χ0) is 17.8. The molecule has 0 unspecified atom stereocenters. The molecule has 136 valence electrons. The molecule has 0 saturated carbocycles. The second-order valence-corrected chi connectivity index (χ2v) is 8.47. The van der Waals surface area contributed by atoms with Gasteiger partial charge in [0.2, 0.25) is 5.91 Å². The number of carbonyl (C=O) groups is 3. The smallest absolute Gasteiger partial charge is 0.320 e. The Kier molecular flexibility index (Phi) is 6.01. The molecule has 6 nitrogen and oxygen atoms in total. The number of carbonyl (C=O) groups excluding carboxylic acids is 3. The highest BCUT2D eigenvalue weighted by atomic mass is 32.2. The van der Waals surface area contributed by atoms with Crippen LogP contribution in [0.25, 0.3) is 0 Å². The van der Waals surface area contributed by atoms with E-state index in [1.165, 1.54) is 18.4 Å². The fourth-order valence-corrected chi connectivity index (χ4v) is 5.09. The summed E-state index contributed by atoms with van der Waals surface area (Å²) in [5, 5.41) is 1.61. The standard InChI is InChI=1S/C17H22N2O4S2/c1-23-17(22)14-11-19(8-10-25-14)15(20)12-4-6-18(7-5-12)16(21)13-3-2-9-24-13/h2-3,9,12,14H,4-8,10-11H2,1H3/t14-/m1/s1. The van der Waals surface area contributed by atoms with Gasteiger partial charge in [-0.1, -0.05) is 6.07 Å². The first-order valence-electron chi connectivity index (χ1n) is 8.41. The third kappa shape index (κ3) is 4.17. The molecule has 2 amide bonds. The van der Waals surface area contributed by atoms with Crippen molar-refractivity contribution >= 4 is 40.9 Å². The predicted molar refractivity (Wildman–Crippen MR) is 97.8 cm³/mol. The van der Waals surface area contributed by atoms with Gasteiger partial charge in [-0.3, -0.25) is 14.4 Å². The number of nitrogens with zero attached hydrogens (tertiary/aromatic N) is 2. The molecule has 0 aromatic carbocycles. The normalized spacial score (nSPS) is 21.9. The van der Waals surface area contributed by atoms with Crippen molar-refractivity contribution in [3.05, 3.63) is 22.4 Å². The molecule has 3 rings (SSSR count). The van der Waals surface area contributed by atoms with Crippen LogP contribution in [0, 0.1) is 5.92 Å². The number of likely N-dealkylation sites (tertiary alicyclic amines) is 1.